The van der Waals surface area contributed by atoms with Crippen molar-refractivity contribution >= 4 is 29.4 Å². The highest BCUT2D eigenvalue weighted by Crippen LogP contribution is 2.28. The number of ether oxygens (including phenoxy) is 2. The highest BCUT2D eigenvalue weighted by atomic mass is 32.2. The van der Waals surface area contributed by atoms with E-state index in [0.29, 0.717) is 47.4 Å². The summed E-state index contributed by atoms with van der Waals surface area (Å²) in [6.07, 6.45) is 0.423. The highest BCUT2D eigenvalue weighted by molar-refractivity contribution is 7.99. The summed E-state index contributed by atoms with van der Waals surface area (Å²) in [5.41, 5.74) is 0.600. The number of nitrogens with one attached hydrogen (secondary N) is 3. The largest absolute Gasteiger partial charge is 0.497 e. The number of nitrogens with zero attached hydrogens (tertiary/aromatic N) is 1. The van der Waals surface area contributed by atoms with E-state index >= 15 is 0 Å². The fourth-order valence-corrected chi connectivity index (χ4v) is 2.90. The third-order valence-corrected chi connectivity index (χ3v) is 4.66. The lowest BCUT2D eigenvalue weighted by molar-refractivity contribution is -0.116. The first-order valence-electron chi connectivity index (χ1n) is 8.90. The van der Waals surface area contributed by atoms with Gasteiger partial charge in [-0.2, -0.15) is 17.0 Å². The molecule has 0 unspecified atom stereocenters. The summed E-state index contributed by atoms with van der Waals surface area (Å²) in [7, 11) is 2.94. The molecule has 0 atom stereocenters. The summed E-state index contributed by atoms with van der Waals surface area (Å²) in [4.78, 5) is 24.6. The first-order valence-corrected chi connectivity index (χ1v) is 10.1. The molecule has 0 aliphatic heterocycles. The monoisotopic (exact) mass is 422 g/mol. The second-order valence-corrected chi connectivity index (χ2v) is 6.78. The molecule has 0 heterocycles. The van der Waals surface area contributed by atoms with Crippen molar-refractivity contribution in [3.63, 3.8) is 0 Å². The summed E-state index contributed by atoms with van der Waals surface area (Å²) in [6, 6.07) is 5.88. The topological polar surface area (TPSA) is 133 Å². The Morgan fingerprint density at radius 1 is 1.24 bits per heavy atom. The number of amides is 3. The van der Waals surface area contributed by atoms with Crippen molar-refractivity contribution in [3.8, 4) is 17.6 Å². The van der Waals surface area contributed by atoms with Crippen LogP contribution in [0, 0.1) is 11.3 Å². The summed E-state index contributed by atoms with van der Waals surface area (Å²) < 4.78 is 10.3. The normalized spacial score (nSPS) is 11.0. The number of anilines is 1. The van der Waals surface area contributed by atoms with E-state index in [4.69, 9.17) is 14.6 Å². The minimum Gasteiger partial charge on any atom is -0.497 e. The molecule has 0 fully saturated rings. The Kier molecular flexibility index (Phi) is 11.1. The lowest BCUT2D eigenvalue weighted by atomic mass is 10.1. The fourth-order valence-electron chi connectivity index (χ4n) is 2.32. The molecule has 158 valence electrons. The Morgan fingerprint density at radius 2 is 2.00 bits per heavy atom. The van der Waals surface area contributed by atoms with E-state index in [-0.39, 0.29) is 12.2 Å². The molecule has 10 heteroatoms. The highest BCUT2D eigenvalue weighted by Gasteiger charge is 2.18. The van der Waals surface area contributed by atoms with E-state index in [1.54, 1.807) is 36.9 Å². The van der Waals surface area contributed by atoms with Crippen molar-refractivity contribution in [3.05, 3.63) is 29.5 Å². The second kappa shape index (κ2) is 13.3. The van der Waals surface area contributed by atoms with Gasteiger partial charge in [-0.1, -0.05) is 6.92 Å². The maximum Gasteiger partial charge on any atom is 0.326 e. The lowest BCUT2D eigenvalue weighted by Crippen LogP contribution is -2.36. The van der Waals surface area contributed by atoms with E-state index in [1.807, 2.05) is 6.07 Å². The molecule has 0 bridgehead atoms. The van der Waals surface area contributed by atoms with Crippen molar-refractivity contribution < 1.29 is 24.2 Å². The minimum absolute atomic E-state index is 0.0974. The summed E-state index contributed by atoms with van der Waals surface area (Å²) >= 11 is 1.55. The number of hydrogen-bond donors (Lipinski definition) is 4. The van der Waals surface area contributed by atoms with Gasteiger partial charge in [0.2, 0.25) is 0 Å². The summed E-state index contributed by atoms with van der Waals surface area (Å²) in [5, 5.41) is 25.9. The van der Waals surface area contributed by atoms with Crippen molar-refractivity contribution in [1.29, 1.82) is 5.26 Å². The third kappa shape index (κ3) is 7.93. The molecule has 0 saturated carbocycles. The van der Waals surface area contributed by atoms with Gasteiger partial charge in [0.15, 0.2) is 0 Å². The van der Waals surface area contributed by atoms with E-state index in [2.05, 4.69) is 16.0 Å². The van der Waals surface area contributed by atoms with Crippen molar-refractivity contribution in [1.82, 2.24) is 10.6 Å². The first kappa shape index (κ1) is 24.1. The Hall–Kier alpha value is -2.90. The fraction of sp³-hybridized carbons (Fsp3) is 0.421. The average Bonchev–Trinajstić information content (AvgIpc) is 2.72. The van der Waals surface area contributed by atoms with E-state index < -0.39 is 11.9 Å². The SMILES string of the molecule is CCC(NCCSCCO)=C(C#N)C(=O)NC(=O)Nc1cc(OC)ccc1OC. The molecule has 0 radical (unpaired) electrons. The van der Waals surface area contributed by atoms with Crippen molar-refractivity contribution in [2.75, 3.05) is 44.2 Å². The van der Waals surface area contributed by atoms with Gasteiger partial charge in [-0.15, -0.1) is 0 Å². The molecule has 1 aromatic rings. The van der Waals surface area contributed by atoms with Gasteiger partial charge >= 0.3 is 6.03 Å². The molecular formula is C19H26N4O5S. The van der Waals surface area contributed by atoms with Crippen LogP contribution in [0.15, 0.2) is 29.5 Å². The second-order valence-electron chi connectivity index (χ2n) is 5.56. The van der Waals surface area contributed by atoms with Gasteiger partial charge in [0.05, 0.1) is 26.5 Å². The van der Waals surface area contributed by atoms with Crippen molar-refractivity contribution in [2.24, 2.45) is 0 Å². The molecular weight excluding hydrogens is 396 g/mol. The first-order chi connectivity index (χ1) is 14.0. The number of methoxy groups -OCH3 is 2. The van der Waals surface area contributed by atoms with Gasteiger partial charge in [0.25, 0.3) is 5.91 Å². The molecule has 0 aliphatic rings. The van der Waals surface area contributed by atoms with Gasteiger partial charge < -0.3 is 25.2 Å². The van der Waals surface area contributed by atoms with Crippen LogP contribution in [0.4, 0.5) is 10.5 Å². The van der Waals surface area contributed by atoms with Crippen LogP contribution in [0.5, 0.6) is 11.5 Å². The smallest absolute Gasteiger partial charge is 0.326 e. The number of carbonyl (C=O) groups is 2. The van der Waals surface area contributed by atoms with Crippen molar-refractivity contribution in [2.45, 2.75) is 13.3 Å². The third-order valence-electron chi connectivity index (χ3n) is 3.70. The summed E-state index contributed by atoms with van der Waals surface area (Å²) in [5.74, 6) is 1.41. The number of carbonyl (C=O) groups excluding carboxylic acids is 2. The van der Waals surface area contributed by atoms with Gasteiger partial charge in [-0.05, 0) is 18.6 Å². The average molecular weight is 423 g/mol. The number of hydrogen-bond acceptors (Lipinski definition) is 8. The maximum atomic E-state index is 12.4. The van der Waals surface area contributed by atoms with Gasteiger partial charge in [-0.3, -0.25) is 10.1 Å². The zero-order valence-electron chi connectivity index (χ0n) is 16.7. The molecule has 3 amide bonds. The molecule has 0 spiro atoms. The lowest BCUT2D eigenvalue weighted by Gasteiger charge is -2.13. The molecule has 0 saturated heterocycles. The molecule has 29 heavy (non-hydrogen) atoms. The number of imide groups is 1. The number of allylic oxidation sites excluding steroid dienone is 1. The Balaban J connectivity index is 2.80. The molecule has 0 aliphatic carbocycles. The van der Waals surface area contributed by atoms with Gasteiger partial charge in [0.1, 0.15) is 23.1 Å². The number of benzene rings is 1. The van der Waals surface area contributed by atoms with Crippen LogP contribution in [0.1, 0.15) is 13.3 Å². The zero-order valence-corrected chi connectivity index (χ0v) is 17.5. The minimum atomic E-state index is -0.806. The van der Waals surface area contributed by atoms with Crippen LogP contribution in [0.2, 0.25) is 0 Å². The number of aliphatic hydroxyl groups is 1. The molecule has 9 nitrogen and oxygen atoms in total. The predicted molar refractivity (Wildman–Crippen MR) is 112 cm³/mol. The Bertz CT molecular complexity index is 776. The van der Waals surface area contributed by atoms with Crippen LogP contribution in [-0.4, -0.2) is 55.9 Å². The molecule has 4 N–H and O–H groups in total. The van der Waals surface area contributed by atoms with E-state index in [9.17, 15) is 14.9 Å². The standard InChI is InChI=1S/C19H26N4O5S/c1-4-15(21-7-9-29-10-8-24)14(12-20)18(25)23-19(26)22-16-11-13(27-2)5-6-17(16)28-3/h5-6,11,21,24H,4,7-10H2,1-3H3,(H2,22,23,25,26). The van der Waals surface area contributed by atoms with E-state index in [1.165, 1.54) is 14.2 Å². The van der Waals surface area contributed by atoms with Crippen LogP contribution in [0.3, 0.4) is 0 Å². The zero-order chi connectivity index (χ0) is 21.6. The van der Waals surface area contributed by atoms with E-state index in [0.717, 1.165) is 0 Å². The van der Waals surface area contributed by atoms with Gasteiger partial charge in [0, 0.05) is 29.8 Å². The van der Waals surface area contributed by atoms with Crippen LogP contribution >= 0.6 is 11.8 Å². The number of thioether (sulfide) groups is 1. The molecule has 1 aromatic carbocycles. The van der Waals surface area contributed by atoms with Crippen LogP contribution in [-0.2, 0) is 4.79 Å². The summed E-state index contributed by atoms with van der Waals surface area (Å²) in [6.45, 7) is 2.43. The quantitative estimate of drug-likeness (QED) is 0.241. The van der Waals surface area contributed by atoms with Crippen LogP contribution < -0.4 is 25.4 Å². The number of rotatable bonds is 11. The Morgan fingerprint density at radius 3 is 2.59 bits per heavy atom. The molecule has 1 rings (SSSR count). The Labute approximate surface area is 174 Å². The van der Waals surface area contributed by atoms with Gasteiger partial charge in [-0.25, -0.2) is 4.79 Å². The number of urea groups is 1. The number of aliphatic hydroxyl groups excluding tert-OH is 1. The number of nitriles is 1. The molecule has 0 aromatic heterocycles. The maximum absolute atomic E-state index is 12.4. The van der Waals surface area contributed by atoms with Crippen LogP contribution in [0.25, 0.3) is 0 Å². The predicted octanol–water partition coefficient (Wildman–Crippen LogP) is 1.85.